The van der Waals surface area contributed by atoms with Crippen LogP contribution in [0.1, 0.15) is 24.2 Å². The maximum atomic E-state index is 13.1. The first-order chi connectivity index (χ1) is 12.7. The Hall–Kier alpha value is -2.78. The number of sulfonamides is 1. The van der Waals surface area contributed by atoms with Gasteiger partial charge in [-0.3, -0.25) is 9.59 Å². The molecule has 7 nitrogen and oxygen atoms in total. The first-order valence-corrected chi connectivity index (χ1v) is 9.62. The molecule has 0 aliphatic heterocycles. The lowest BCUT2D eigenvalue weighted by atomic mass is 10.2. The van der Waals surface area contributed by atoms with Gasteiger partial charge in [-0.15, -0.1) is 0 Å². The first kappa shape index (κ1) is 20.5. The minimum Gasteiger partial charge on any atom is -0.343 e. The van der Waals surface area contributed by atoms with Crippen LogP contribution in [0.3, 0.4) is 0 Å². The summed E-state index contributed by atoms with van der Waals surface area (Å²) in [6, 6.07) is 10.5. The molecular weight excluding hydrogens is 373 g/mol. The average molecular weight is 393 g/mol. The topological polar surface area (TPSA) is 104 Å². The fourth-order valence-electron chi connectivity index (χ4n) is 2.19. The van der Waals surface area contributed by atoms with Crippen LogP contribution in [0.15, 0.2) is 53.4 Å². The van der Waals surface area contributed by atoms with E-state index in [2.05, 4.69) is 15.4 Å². The molecule has 0 bridgehead atoms. The predicted octanol–water partition coefficient (Wildman–Crippen LogP) is 1.88. The van der Waals surface area contributed by atoms with E-state index in [9.17, 15) is 22.4 Å². The number of rotatable bonds is 7. The molecule has 0 saturated carbocycles. The third kappa shape index (κ3) is 6.15. The second kappa shape index (κ2) is 8.74. The standard InChI is InChI=1S/C18H20FN3O4S/c1-12(2)22-27(25,26)16-8-6-15(7-9-16)21-17(23)11-20-18(24)13-4-3-5-14(19)10-13/h3-10,12,22H,11H2,1-2H3,(H,20,24)(H,21,23). The van der Waals surface area contributed by atoms with Gasteiger partial charge >= 0.3 is 0 Å². The number of nitrogens with one attached hydrogen (secondary N) is 3. The van der Waals surface area contributed by atoms with Crippen molar-refractivity contribution in [2.24, 2.45) is 0 Å². The lowest BCUT2D eigenvalue weighted by molar-refractivity contribution is -0.115. The van der Waals surface area contributed by atoms with Gasteiger partial charge in [-0.1, -0.05) is 6.07 Å². The molecule has 27 heavy (non-hydrogen) atoms. The van der Waals surface area contributed by atoms with Crippen molar-refractivity contribution in [1.82, 2.24) is 10.0 Å². The fourth-order valence-corrected chi connectivity index (χ4v) is 3.44. The predicted molar refractivity (Wildman–Crippen MR) is 99.3 cm³/mol. The van der Waals surface area contributed by atoms with Gasteiger partial charge in [0.05, 0.1) is 11.4 Å². The molecule has 0 aliphatic carbocycles. The van der Waals surface area contributed by atoms with Gasteiger partial charge < -0.3 is 10.6 Å². The lowest BCUT2D eigenvalue weighted by Crippen LogP contribution is -2.33. The van der Waals surface area contributed by atoms with E-state index < -0.39 is 27.7 Å². The molecule has 0 saturated heterocycles. The molecular formula is C18H20FN3O4S. The summed E-state index contributed by atoms with van der Waals surface area (Å²) in [5, 5.41) is 4.92. The van der Waals surface area contributed by atoms with Gasteiger partial charge in [0.1, 0.15) is 5.82 Å². The molecule has 2 aromatic carbocycles. The molecule has 0 aromatic heterocycles. The lowest BCUT2D eigenvalue weighted by Gasteiger charge is -2.11. The van der Waals surface area contributed by atoms with Crippen LogP contribution in [-0.2, 0) is 14.8 Å². The summed E-state index contributed by atoms with van der Waals surface area (Å²) in [4.78, 5) is 23.9. The van der Waals surface area contributed by atoms with Crippen LogP contribution < -0.4 is 15.4 Å². The van der Waals surface area contributed by atoms with Crippen molar-refractivity contribution >= 4 is 27.5 Å². The van der Waals surface area contributed by atoms with Gasteiger partial charge in [-0.25, -0.2) is 17.5 Å². The molecule has 0 spiro atoms. The van der Waals surface area contributed by atoms with E-state index in [4.69, 9.17) is 0 Å². The van der Waals surface area contributed by atoms with E-state index in [1.54, 1.807) is 13.8 Å². The number of halogens is 1. The van der Waals surface area contributed by atoms with Crippen LogP contribution >= 0.6 is 0 Å². The summed E-state index contributed by atoms with van der Waals surface area (Å²) in [6.45, 7) is 3.11. The number of amides is 2. The summed E-state index contributed by atoms with van der Waals surface area (Å²) in [7, 11) is -3.61. The largest absolute Gasteiger partial charge is 0.343 e. The zero-order chi connectivity index (χ0) is 20.0. The van der Waals surface area contributed by atoms with Crippen molar-refractivity contribution in [3.8, 4) is 0 Å². The zero-order valence-electron chi connectivity index (χ0n) is 14.8. The Kier molecular flexibility index (Phi) is 6.65. The average Bonchev–Trinajstić information content (AvgIpc) is 2.59. The van der Waals surface area contributed by atoms with E-state index in [0.717, 1.165) is 6.07 Å². The molecule has 9 heteroatoms. The van der Waals surface area contributed by atoms with Gasteiger partial charge in [-0.05, 0) is 56.3 Å². The summed E-state index contributed by atoms with van der Waals surface area (Å²) in [6.07, 6.45) is 0. The van der Waals surface area contributed by atoms with Gasteiger partial charge in [0.2, 0.25) is 15.9 Å². The smallest absolute Gasteiger partial charge is 0.251 e. The highest BCUT2D eigenvalue weighted by Gasteiger charge is 2.15. The van der Waals surface area contributed by atoms with E-state index in [-0.39, 0.29) is 23.0 Å². The van der Waals surface area contributed by atoms with Gasteiger partial charge in [0, 0.05) is 17.3 Å². The van der Waals surface area contributed by atoms with E-state index in [0.29, 0.717) is 5.69 Å². The Morgan fingerprint density at radius 2 is 1.74 bits per heavy atom. The molecule has 0 radical (unpaired) electrons. The molecule has 3 N–H and O–H groups in total. The number of carbonyl (C=O) groups excluding carboxylic acids is 2. The van der Waals surface area contributed by atoms with Gasteiger partial charge in [0.25, 0.3) is 5.91 Å². The third-order valence-corrected chi connectivity index (χ3v) is 5.01. The molecule has 0 fully saturated rings. The molecule has 2 aromatic rings. The van der Waals surface area contributed by atoms with Crippen molar-refractivity contribution in [1.29, 1.82) is 0 Å². The zero-order valence-corrected chi connectivity index (χ0v) is 15.6. The number of anilines is 1. The van der Waals surface area contributed by atoms with Crippen LogP contribution in [-0.4, -0.2) is 32.8 Å². The minimum atomic E-state index is -3.61. The minimum absolute atomic E-state index is 0.0774. The van der Waals surface area contributed by atoms with Crippen molar-refractivity contribution in [2.45, 2.75) is 24.8 Å². The maximum Gasteiger partial charge on any atom is 0.251 e. The Labute approximate surface area is 157 Å². The van der Waals surface area contributed by atoms with Gasteiger partial charge in [0.15, 0.2) is 0 Å². The van der Waals surface area contributed by atoms with E-state index in [1.807, 2.05) is 0 Å². The Balaban J connectivity index is 1.91. The van der Waals surface area contributed by atoms with E-state index >= 15 is 0 Å². The number of carbonyl (C=O) groups is 2. The number of benzene rings is 2. The first-order valence-electron chi connectivity index (χ1n) is 8.13. The quantitative estimate of drug-likeness (QED) is 0.668. The summed E-state index contributed by atoms with van der Waals surface area (Å²) in [5.41, 5.74) is 0.485. The third-order valence-electron chi connectivity index (χ3n) is 3.34. The molecule has 0 heterocycles. The second-order valence-electron chi connectivity index (χ2n) is 6.04. The van der Waals surface area contributed by atoms with Crippen molar-refractivity contribution in [3.63, 3.8) is 0 Å². The van der Waals surface area contributed by atoms with Crippen LogP contribution in [0, 0.1) is 5.82 Å². The molecule has 0 unspecified atom stereocenters. The number of hydrogen-bond donors (Lipinski definition) is 3. The molecule has 2 amide bonds. The van der Waals surface area contributed by atoms with Crippen LogP contribution in [0.5, 0.6) is 0 Å². The summed E-state index contributed by atoms with van der Waals surface area (Å²) in [5.74, 6) is -1.63. The molecule has 2 rings (SSSR count). The highest BCUT2D eigenvalue weighted by atomic mass is 32.2. The van der Waals surface area contributed by atoms with Crippen molar-refractivity contribution in [3.05, 3.63) is 59.9 Å². The second-order valence-corrected chi connectivity index (χ2v) is 7.76. The van der Waals surface area contributed by atoms with Gasteiger partial charge in [-0.2, -0.15) is 0 Å². The monoisotopic (exact) mass is 393 g/mol. The normalized spacial score (nSPS) is 11.3. The van der Waals surface area contributed by atoms with Crippen LogP contribution in [0.2, 0.25) is 0 Å². The SMILES string of the molecule is CC(C)NS(=O)(=O)c1ccc(NC(=O)CNC(=O)c2cccc(F)c2)cc1. The Bertz CT molecular complexity index is 928. The van der Waals surface area contributed by atoms with Crippen LogP contribution in [0.25, 0.3) is 0 Å². The Morgan fingerprint density at radius 3 is 2.33 bits per heavy atom. The highest BCUT2D eigenvalue weighted by molar-refractivity contribution is 7.89. The van der Waals surface area contributed by atoms with E-state index in [1.165, 1.54) is 42.5 Å². The maximum absolute atomic E-state index is 13.1. The highest BCUT2D eigenvalue weighted by Crippen LogP contribution is 2.14. The molecule has 0 atom stereocenters. The van der Waals surface area contributed by atoms with Crippen LogP contribution in [0.4, 0.5) is 10.1 Å². The van der Waals surface area contributed by atoms with Crippen molar-refractivity contribution in [2.75, 3.05) is 11.9 Å². The summed E-state index contributed by atoms with van der Waals surface area (Å²) >= 11 is 0. The molecule has 0 aliphatic rings. The molecule has 144 valence electrons. The Morgan fingerprint density at radius 1 is 1.07 bits per heavy atom. The van der Waals surface area contributed by atoms with Crippen molar-refractivity contribution < 1.29 is 22.4 Å². The summed E-state index contributed by atoms with van der Waals surface area (Å²) < 4.78 is 39.6. The fraction of sp³-hybridized carbons (Fsp3) is 0.222. The number of hydrogen-bond acceptors (Lipinski definition) is 4.